The third-order valence-electron chi connectivity index (χ3n) is 7.16. The normalized spacial score (nSPS) is 17.1. The van der Waals surface area contributed by atoms with Gasteiger partial charge in [-0.05, 0) is 72.5 Å². The van der Waals surface area contributed by atoms with Crippen LogP contribution in [-0.4, -0.2) is 18.0 Å². The molecular formula is C30H37NO. The minimum absolute atomic E-state index is 0.620. The third kappa shape index (κ3) is 6.01. The highest BCUT2D eigenvalue weighted by Gasteiger charge is 2.30. The molecule has 0 N–H and O–H groups in total. The van der Waals surface area contributed by atoms with Crippen molar-refractivity contribution in [3.05, 3.63) is 102 Å². The minimum Gasteiger partial charge on any atom is -0.489 e. The maximum atomic E-state index is 6.02. The molecular weight excluding hydrogens is 390 g/mol. The largest absolute Gasteiger partial charge is 0.489 e. The van der Waals surface area contributed by atoms with Gasteiger partial charge in [-0.15, -0.1) is 0 Å². The van der Waals surface area contributed by atoms with Crippen molar-refractivity contribution < 1.29 is 4.74 Å². The van der Waals surface area contributed by atoms with Gasteiger partial charge in [-0.25, -0.2) is 0 Å². The summed E-state index contributed by atoms with van der Waals surface area (Å²) in [4.78, 5) is 2.63. The molecule has 4 rings (SSSR count). The summed E-state index contributed by atoms with van der Waals surface area (Å²) in [5.41, 5.74) is 4.11. The number of ether oxygens (including phenoxy) is 1. The Bertz CT molecular complexity index is 914. The smallest absolute Gasteiger partial charge is 0.119 e. The Hall–Kier alpha value is -2.58. The monoisotopic (exact) mass is 427 g/mol. The SMILES string of the molecule is CCC(C)C(c1ccc(OCc2ccccc2)cc1)C1CCN(Cc2ccccc2)CC1. The summed E-state index contributed by atoms with van der Waals surface area (Å²) in [6.45, 7) is 8.86. The van der Waals surface area contributed by atoms with Crippen LogP contribution < -0.4 is 4.74 Å². The van der Waals surface area contributed by atoms with Crippen molar-refractivity contribution in [2.75, 3.05) is 13.1 Å². The number of piperidine rings is 1. The lowest BCUT2D eigenvalue weighted by Gasteiger charge is -2.39. The third-order valence-corrected chi connectivity index (χ3v) is 7.16. The van der Waals surface area contributed by atoms with Crippen LogP contribution in [-0.2, 0) is 13.2 Å². The van der Waals surface area contributed by atoms with Gasteiger partial charge >= 0.3 is 0 Å². The van der Waals surface area contributed by atoms with Gasteiger partial charge in [0, 0.05) is 6.54 Å². The van der Waals surface area contributed by atoms with E-state index in [1.165, 1.54) is 49.0 Å². The van der Waals surface area contributed by atoms with Crippen molar-refractivity contribution in [3.8, 4) is 5.75 Å². The number of hydrogen-bond donors (Lipinski definition) is 0. The lowest BCUT2D eigenvalue weighted by atomic mass is 9.72. The molecule has 2 atom stereocenters. The van der Waals surface area contributed by atoms with Crippen molar-refractivity contribution in [2.45, 2.75) is 52.2 Å². The summed E-state index contributed by atoms with van der Waals surface area (Å²) >= 11 is 0. The highest BCUT2D eigenvalue weighted by atomic mass is 16.5. The van der Waals surface area contributed by atoms with Crippen LogP contribution >= 0.6 is 0 Å². The van der Waals surface area contributed by atoms with E-state index < -0.39 is 0 Å². The Morgan fingerprint density at radius 1 is 0.812 bits per heavy atom. The fraction of sp³-hybridized carbons (Fsp3) is 0.400. The van der Waals surface area contributed by atoms with E-state index in [9.17, 15) is 0 Å². The molecule has 0 radical (unpaired) electrons. The summed E-state index contributed by atoms with van der Waals surface area (Å²) in [5, 5.41) is 0. The molecule has 1 aliphatic heterocycles. The second-order valence-electron chi connectivity index (χ2n) is 9.35. The van der Waals surface area contributed by atoms with Gasteiger partial charge in [0.25, 0.3) is 0 Å². The van der Waals surface area contributed by atoms with Crippen LogP contribution in [0.2, 0.25) is 0 Å². The summed E-state index contributed by atoms with van der Waals surface area (Å²) < 4.78 is 6.02. The Labute approximate surface area is 194 Å². The maximum Gasteiger partial charge on any atom is 0.119 e. The molecule has 2 nitrogen and oxygen atoms in total. The molecule has 2 heteroatoms. The highest BCUT2D eigenvalue weighted by Crippen LogP contribution is 2.40. The zero-order valence-electron chi connectivity index (χ0n) is 19.6. The number of nitrogens with zero attached hydrogens (tertiary/aromatic N) is 1. The Morgan fingerprint density at radius 2 is 1.41 bits per heavy atom. The number of benzene rings is 3. The second-order valence-corrected chi connectivity index (χ2v) is 9.35. The van der Waals surface area contributed by atoms with Crippen molar-refractivity contribution in [1.29, 1.82) is 0 Å². The van der Waals surface area contributed by atoms with Crippen molar-refractivity contribution in [3.63, 3.8) is 0 Å². The van der Waals surface area contributed by atoms with E-state index in [-0.39, 0.29) is 0 Å². The molecule has 2 unspecified atom stereocenters. The van der Waals surface area contributed by atoms with Gasteiger partial charge in [-0.1, -0.05) is 93.1 Å². The molecule has 3 aromatic carbocycles. The molecule has 0 aromatic heterocycles. The van der Waals surface area contributed by atoms with Crippen LogP contribution in [0.1, 0.15) is 55.7 Å². The number of likely N-dealkylation sites (tertiary alicyclic amines) is 1. The predicted octanol–water partition coefficient (Wildman–Crippen LogP) is 7.31. The average Bonchev–Trinajstić information content (AvgIpc) is 2.86. The van der Waals surface area contributed by atoms with Crippen molar-refractivity contribution >= 4 is 0 Å². The Kier molecular flexibility index (Phi) is 8.01. The molecule has 1 heterocycles. The summed E-state index contributed by atoms with van der Waals surface area (Å²) in [6.07, 6.45) is 3.79. The summed E-state index contributed by atoms with van der Waals surface area (Å²) in [7, 11) is 0. The van der Waals surface area contributed by atoms with Gasteiger partial charge in [0.05, 0.1) is 0 Å². The lowest BCUT2D eigenvalue weighted by Crippen LogP contribution is -2.36. The zero-order valence-corrected chi connectivity index (χ0v) is 19.6. The zero-order chi connectivity index (χ0) is 22.2. The van der Waals surface area contributed by atoms with E-state index in [2.05, 4.69) is 97.6 Å². The number of rotatable bonds is 9. The van der Waals surface area contributed by atoms with E-state index in [1.807, 2.05) is 6.07 Å². The van der Waals surface area contributed by atoms with E-state index in [0.717, 1.165) is 18.2 Å². The molecule has 32 heavy (non-hydrogen) atoms. The summed E-state index contributed by atoms with van der Waals surface area (Å²) in [6, 6.07) is 30.2. The predicted molar refractivity (Wildman–Crippen MR) is 134 cm³/mol. The molecule has 3 aromatic rings. The fourth-order valence-corrected chi connectivity index (χ4v) is 5.16. The Morgan fingerprint density at radius 3 is 2.00 bits per heavy atom. The van der Waals surface area contributed by atoms with Crippen LogP contribution in [0.3, 0.4) is 0 Å². The van der Waals surface area contributed by atoms with Crippen LogP contribution in [0.15, 0.2) is 84.9 Å². The molecule has 1 fully saturated rings. The van der Waals surface area contributed by atoms with Gasteiger partial charge in [0.15, 0.2) is 0 Å². The molecule has 1 saturated heterocycles. The van der Waals surface area contributed by atoms with E-state index in [0.29, 0.717) is 18.4 Å². The van der Waals surface area contributed by atoms with Gasteiger partial charge in [-0.2, -0.15) is 0 Å². The number of hydrogen-bond acceptors (Lipinski definition) is 2. The first-order valence-electron chi connectivity index (χ1n) is 12.3. The molecule has 0 aliphatic carbocycles. The van der Waals surface area contributed by atoms with Crippen LogP contribution in [0.25, 0.3) is 0 Å². The minimum atomic E-state index is 0.620. The van der Waals surface area contributed by atoms with E-state index in [4.69, 9.17) is 4.74 Å². The first kappa shape index (κ1) is 22.6. The fourth-order valence-electron chi connectivity index (χ4n) is 5.16. The molecule has 0 amide bonds. The first-order chi connectivity index (χ1) is 15.7. The van der Waals surface area contributed by atoms with Crippen molar-refractivity contribution in [2.24, 2.45) is 11.8 Å². The quantitative estimate of drug-likeness (QED) is 0.355. The Balaban J connectivity index is 1.37. The highest BCUT2D eigenvalue weighted by molar-refractivity contribution is 5.31. The summed E-state index contributed by atoms with van der Waals surface area (Å²) in [5.74, 6) is 3.03. The average molecular weight is 428 g/mol. The topological polar surface area (TPSA) is 12.5 Å². The van der Waals surface area contributed by atoms with Gasteiger partial charge in [0.2, 0.25) is 0 Å². The van der Waals surface area contributed by atoms with Crippen LogP contribution in [0.5, 0.6) is 5.75 Å². The second kappa shape index (κ2) is 11.3. The van der Waals surface area contributed by atoms with Crippen LogP contribution in [0, 0.1) is 11.8 Å². The van der Waals surface area contributed by atoms with E-state index >= 15 is 0 Å². The van der Waals surface area contributed by atoms with Gasteiger partial charge < -0.3 is 4.74 Å². The molecule has 0 saturated carbocycles. The van der Waals surface area contributed by atoms with Gasteiger partial charge in [-0.3, -0.25) is 4.90 Å². The molecule has 0 spiro atoms. The molecule has 0 bridgehead atoms. The van der Waals surface area contributed by atoms with E-state index in [1.54, 1.807) is 0 Å². The van der Waals surface area contributed by atoms with Crippen LogP contribution in [0.4, 0.5) is 0 Å². The molecule has 168 valence electrons. The lowest BCUT2D eigenvalue weighted by molar-refractivity contribution is 0.145. The maximum absolute atomic E-state index is 6.02. The molecule has 1 aliphatic rings. The van der Waals surface area contributed by atoms with Crippen molar-refractivity contribution in [1.82, 2.24) is 4.90 Å². The van der Waals surface area contributed by atoms with Gasteiger partial charge in [0.1, 0.15) is 12.4 Å². The standard InChI is InChI=1S/C30H37NO/c1-3-24(2)30(28-18-20-31(21-19-28)22-25-10-6-4-7-11-25)27-14-16-29(17-15-27)32-23-26-12-8-5-9-13-26/h4-17,24,28,30H,3,18-23H2,1-2H3. The first-order valence-corrected chi connectivity index (χ1v) is 12.3.